The Balaban J connectivity index is 1.40. The molecule has 146 valence electrons. The smallest absolute Gasteiger partial charge is 0.0925 e. The van der Waals surface area contributed by atoms with Crippen LogP contribution in [-0.4, -0.2) is 88.7 Å². The van der Waals surface area contributed by atoms with Crippen LogP contribution in [0.4, 0.5) is 0 Å². The molecule has 0 saturated carbocycles. The zero-order chi connectivity index (χ0) is 18.1. The number of ether oxygens (including phenoxy) is 1. The van der Waals surface area contributed by atoms with Crippen molar-refractivity contribution in [2.45, 2.75) is 51.7 Å². The maximum absolute atomic E-state index is 5.56. The monoisotopic (exact) mass is 361 g/mol. The van der Waals surface area contributed by atoms with Gasteiger partial charge in [0.15, 0.2) is 0 Å². The van der Waals surface area contributed by atoms with Crippen LogP contribution >= 0.6 is 0 Å². The lowest BCUT2D eigenvalue weighted by Gasteiger charge is -2.46. The van der Waals surface area contributed by atoms with Gasteiger partial charge in [0.1, 0.15) is 0 Å². The summed E-state index contributed by atoms with van der Waals surface area (Å²) in [6, 6.07) is 0.688. The summed E-state index contributed by atoms with van der Waals surface area (Å²) in [5, 5.41) is 0. The van der Waals surface area contributed by atoms with Crippen LogP contribution in [-0.2, 0) is 11.3 Å². The number of piperidine rings is 1. The molecule has 0 unspecified atom stereocenters. The van der Waals surface area contributed by atoms with Gasteiger partial charge in [-0.25, -0.2) is 4.98 Å². The van der Waals surface area contributed by atoms with Crippen LogP contribution in [0.1, 0.15) is 38.1 Å². The Labute approximate surface area is 157 Å². The summed E-state index contributed by atoms with van der Waals surface area (Å²) in [7, 11) is 0. The van der Waals surface area contributed by atoms with E-state index in [0.717, 1.165) is 38.8 Å². The fraction of sp³-hybridized carbons (Fsp3) is 0.850. The summed E-state index contributed by atoms with van der Waals surface area (Å²) in [5.74, 6) is 0.800. The van der Waals surface area contributed by atoms with Crippen LogP contribution < -0.4 is 0 Å². The van der Waals surface area contributed by atoms with Gasteiger partial charge in [0.05, 0.1) is 25.2 Å². The molecule has 2 bridgehead atoms. The average molecular weight is 362 g/mol. The normalized spacial score (nSPS) is 29.2. The molecule has 26 heavy (non-hydrogen) atoms. The number of morpholine rings is 1. The Morgan fingerprint density at radius 2 is 2.00 bits per heavy atom. The standard InChI is InChI=1S/C20H35N5O/c1-16-19(22-15-21-16)13-23-10-17-4-5-18(12-23)24(11-17)14-20(2,3)25-6-8-26-9-7-25/h15,17-18H,4-14H2,1-3H3,(H,21,22)/t17-,18+/m0/s1. The van der Waals surface area contributed by atoms with Gasteiger partial charge in [-0.3, -0.25) is 14.7 Å². The molecule has 5 rings (SSSR count). The van der Waals surface area contributed by atoms with E-state index in [1.54, 1.807) is 0 Å². The van der Waals surface area contributed by atoms with Crippen molar-refractivity contribution in [3.8, 4) is 0 Å². The summed E-state index contributed by atoms with van der Waals surface area (Å²) in [5.41, 5.74) is 2.65. The largest absolute Gasteiger partial charge is 0.379 e. The van der Waals surface area contributed by atoms with E-state index >= 15 is 0 Å². The molecule has 5 heterocycles. The molecule has 4 aliphatic heterocycles. The lowest BCUT2D eigenvalue weighted by molar-refractivity contribution is -0.0310. The summed E-state index contributed by atoms with van der Waals surface area (Å²) >= 11 is 0. The third-order valence-corrected chi connectivity index (χ3v) is 6.67. The third-order valence-electron chi connectivity index (χ3n) is 6.67. The maximum atomic E-state index is 5.56. The van der Waals surface area contributed by atoms with E-state index in [1.807, 2.05) is 6.33 Å². The molecule has 4 saturated heterocycles. The van der Waals surface area contributed by atoms with Crippen LogP contribution in [0.5, 0.6) is 0 Å². The van der Waals surface area contributed by atoms with Crippen molar-refractivity contribution in [2.24, 2.45) is 5.92 Å². The number of rotatable bonds is 5. The summed E-state index contributed by atoms with van der Waals surface area (Å²) < 4.78 is 5.56. The number of nitrogens with zero attached hydrogens (tertiary/aromatic N) is 4. The maximum Gasteiger partial charge on any atom is 0.0925 e. The fourth-order valence-corrected chi connectivity index (χ4v) is 5.12. The average Bonchev–Trinajstić information content (AvgIpc) is 2.84. The number of aromatic amines is 1. The molecule has 0 spiro atoms. The number of hydrogen-bond donors (Lipinski definition) is 1. The molecule has 1 aromatic heterocycles. The van der Waals surface area contributed by atoms with E-state index in [1.165, 1.54) is 50.4 Å². The third kappa shape index (κ3) is 3.98. The zero-order valence-electron chi connectivity index (χ0n) is 16.7. The molecule has 1 N–H and O–H groups in total. The van der Waals surface area contributed by atoms with Gasteiger partial charge < -0.3 is 9.72 Å². The van der Waals surface area contributed by atoms with Crippen molar-refractivity contribution in [1.82, 2.24) is 24.7 Å². The molecule has 1 aromatic rings. The second kappa shape index (κ2) is 7.58. The predicted molar refractivity (Wildman–Crippen MR) is 103 cm³/mol. The number of nitrogens with one attached hydrogen (secondary N) is 1. The van der Waals surface area contributed by atoms with Crippen LogP contribution in [0, 0.1) is 12.8 Å². The van der Waals surface area contributed by atoms with Gasteiger partial charge >= 0.3 is 0 Å². The molecular formula is C20H35N5O. The van der Waals surface area contributed by atoms with Crippen molar-refractivity contribution in [3.05, 3.63) is 17.7 Å². The Morgan fingerprint density at radius 1 is 1.19 bits per heavy atom. The highest BCUT2D eigenvalue weighted by Crippen LogP contribution is 2.31. The fourth-order valence-electron chi connectivity index (χ4n) is 5.12. The van der Waals surface area contributed by atoms with E-state index < -0.39 is 0 Å². The van der Waals surface area contributed by atoms with Crippen molar-refractivity contribution < 1.29 is 4.74 Å². The van der Waals surface area contributed by atoms with Crippen LogP contribution in [0.25, 0.3) is 0 Å². The van der Waals surface area contributed by atoms with E-state index in [4.69, 9.17) is 4.74 Å². The van der Waals surface area contributed by atoms with Crippen molar-refractivity contribution in [2.75, 3.05) is 52.5 Å². The molecule has 6 nitrogen and oxygen atoms in total. The first kappa shape index (κ1) is 18.4. The number of imidazole rings is 1. The number of aryl methyl sites for hydroxylation is 1. The first-order valence-corrected chi connectivity index (χ1v) is 10.3. The van der Waals surface area contributed by atoms with Crippen molar-refractivity contribution in [1.29, 1.82) is 0 Å². The highest BCUT2D eigenvalue weighted by atomic mass is 16.5. The molecule has 0 aliphatic carbocycles. The number of hydrogen-bond acceptors (Lipinski definition) is 5. The second-order valence-electron chi connectivity index (χ2n) is 9.11. The molecule has 6 heteroatoms. The lowest BCUT2D eigenvalue weighted by Crippen LogP contribution is -2.58. The van der Waals surface area contributed by atoms with E-state index in [-0.39, 0.29) is 5.54 Å². The van der Waals surface area contributed by atoms with E-state index in [9.17, 15) is 0 Å². The first-order chi connectivity index (χ1) is 12.5. The molecule has 4 aliphatic rings. The number of aromatic nitrogens is 2. The SMILES string of the molecule is Cc1[nH]cnc1CN1C[C@@H]2CC[C@H](C1)N(CC(C)(C)N1CCOCC1)C2. The van der Waals surface area contributed by atoms with Crippen molar-refractivity contribution >= 4 is 0 Å². The molecule has 0 radical (unpaired) electrons. The van der Waals surface area contributed by atoms with Gasteiger partial charge in [-0.05, 0) is 39.5 Å². The van der Waals surface area contributed by atoms with E-state index in [0.29, 0.717) is 6.04 Å². The van der Waals surface area contributed by atoms with Gasteiger partial charge in [0.2, 0.25) is 0 Å². The van der Waals surface area contributed by atoms with Crippen molar-refractivity contribution in [3.63, 3.8) is 0 Å². The van der Waals surface area contributed by atoms with E-state index in [2.05, 4.69) is 45.4 Å². The highest BCUT2D eigenvalue weighted by Gasteiger charge is 2.39. The minimum absolute atomic E-state index is 0.220. The van der Waals surface area contributed by atoms with Crippen LogP contribution in [0.2, 0.25) is 0 Å². The van der Waals surface area contributed by atoms with Gasteiger partial charge in [-0.2, -0.15) is 0 Å². The van der Waals surface area contributed by atoms with Gasteiger partial charge in [-0.15, -0.1) is 0 Å². The minimum Gasteiger partial charge on any atom is -0.379 e. The van der Waals surface area contributed by atoms with Crippen LogP contribution in [0.3, 0.4) is 0 Å². The Kier molecular flexibility index (Phi) is 5.37. The lowest BCUT2D eigenvalue weighted by atomic mass is 9.92. The summed E-state index contributed by atoms with van der Waals surface area (Å²) in [6.07, 6.45) is 4.56. The van der Waals surface area contributed by atoms with Crippen LogP contribution in [0.15, 0.2) is 6.33 Å². The Hall–Kier alpha value is -0.950. The summed E-state index contributed by atoms with van der Waals surface area (Å²) in [6.45, 7) is 16.7. The summed E-state index contributed by atoms with van der Waals surface area (Å²) in [4.78, 5) is 15.8. The topological polar surface area (TPSA) is 47.6 Å². The van der Waals surface area contributed by atoms with Gasteiger partial charge in [0, 0.05) is 63.1 Å². The molecular weight excluding hydrogens is 326 g/mol. The Bertz CT molecular complexity index is 595. The zero-order valence-corrected chi connectivity index (χ0v) is 16.7. The predicted octanol–water partition coefficient (Wildman–Crippen LogP) is 1.73. The molecule has 2 atom stereocenters. The Morgan fingerprint density at radius 3 is 2.73 bits per heavy atom. The highest BCUT2D eigenvalue weighted by molar-refractivity contribution is 5.09. The molecule has 0 aromatic carbocycles. The molecule has 0 amide bonds. The first-order valence-electron chi connectivity index (χ1n) is 10.3. The molecule has 4 fully saturated rings. The quantitative estimate of drug-likeness (QED) is 0.865. The second-order valence-corrected chi connectivity index (χ2v) is 9.11. The number of fused-ring (bicyclic) bond motifs is 4. The van der Waals surface area contributed by atoms with Gasteiger partial charge in [-0.1, -0.05) is 0 Å². The minimum atomic E-state index is 0.220. The van der Waals surface area contributed by atoms with Gasteiger partial charge in [0.25, 0.3) is 0 Å². The number of H-pyrrole nitrogens is 1.